The number of halogens is 3. The van der Waals surface area contributed by atoms with Crippen LogP contribution in [0, 0.1) is 22.7 Å². The first-order valence-electron chi connectivity index (χ1n) is 7.44. The zero-order valence-electron chi connectivity index (χ0n) is 14.2. The Balaban J connectivity index is 2.44. The van der Waals surface area contributed by atoms with Gasteiger partial charge in [0.15, 0.2) is 6.61 Å². The molecule has 0 unspecified atom stereocenters. The molecule has 0 heterocycles. The minimum Gasteiger partial charge on any atom is -0.490 e. The van der Waals surface area contributed by atoms with Crippen LogP contribution in [0.2, 0.25) is 0 Å². The number of hydrogen-bond acceptors (Lipinski definition) is 6. The Morgan fingerprint density at radius 1 is 1.23 bits per heavy atom. The van der Waals surface area contributed by atoms with E-state index in [1.807, 2.05) is 0 Å². The Kier molecular flexibility index (Phi) is 7.97. The molecule has 9 heteroatoms. The third kappa shape index (κ3) is 6.73. The highest BCUT2D eigenvalue weighted by Gasteiger charge is 2.30. The summed E-state index contributed by atoms with van der Waals surface area (Å²) in [6.45, 7) is 0.0355. The molecule has 0 fully saturated rings. The minimum atomic E-state index is -4.43. The lowest BCUT2D eigenvalue weighted by Crippen LogP contribution is -2.13. The molecule has 26 heavy (non-hydrogen) atoms. The smallest absolute Gasteiger partial charge is 0.416 e. The number of ether oxygens (including phenoxy) is 1. The van der Waals surface area contributed by atoms with Crippen molar-refractivity contribution in [2.45, 2.75) is 12.6 Å². The summed E-state index contributed by atoms with van der Waals surface area (Å²) in [7, 11) is 3.39. The Labute approximate surface area is 149 Å². The van der Waals surface area contributed by atoms with Crippen molar-refractivity contribution < 1.29 is 22.7 Å². The fraction of sp³-hybridized carbons (Fsp3) is 0.353. The van der Waals surface area contributed by atoms with E-state index >= 15 is 0 Å². The molecule has 0 aliphatic rings. The fourth-order valence-electron chi connectivity index (χ4n) is 1.85. The van der Waals surface area contributed by atoms with Gasteiger partial charge in [-0.25, -0.2) is 0 Å². The SMILES string of the molecule is CN(C)C(C/C=N\OCCOc1cccc(C(F)(F)F)c1)=C(C#N)C#N. The highest BCUT2D eigenvalue weighted by atomic mass is 19.4. The maximum atomic E-state index is 12.6. The molecule has 1 aromatic rings. The van der Waals surface area contributed by atoms with Crippen LogP contribution < -0.4 is 4.74 Å². The van der Waals surface area contributed by atoms with Crippen LogP contribution in [0.25, 0.3) is 0 Å². The molecule has 1 aromatic carbocycles. The predicted molar refractivity (Wildman–Crippen MR) is 87.9 cm³/mol. The van der Waals surface area contributed by atoms with Gasteiger partial charge in [0.25, 0.3) is 0 Å². The zero-order chi connectivity index (χ0) is 19.6. The average molecular weight is 366 g/mol. The summed E-state index contributed by atoms with van der Waals surface area (Å²) in [5.74, 6) is 0.0814. The van der Waals surface area contributed by atoms with Crippen LogP contribution in [-0.2, 0) is 11.0 Å². The van der Waals surface area contributed by atoms with Gasteiger partial charge in [0.05, 0.1) is 5.56 Å². The molecular formula is C17H17F3N4O2. The van der Waals surface area contributed by atoms with Crippen molar-refractivity contribution in [2.75, 3.05) is 27.3 Å². The number of benzene rings is 1. The van der Waals surface area contributed by atoms with Gasteiger partial charge in [0, 0.05) is 32.4 Å². The van der Waals surface area contributed by atoms with E-state index in [1.165, 1.54) is 18.3 Å². The van der Waals surface area contributed by atoms with Crippen LogP contribution in [-0.4, -0.2) is 38.4 Å². The van der Waals surface area contributed by atoms with Crippen LogP contribution in [0.4, 0.5) is 13.2 Å². The van der Waals surface area contributed by atoms with E-state index in [4.69, 9.17) is 20.1 Å². The maximum Gasteiger partial charge on any atom is 0.416 e. The molecule has 0 aromatic heterocycles. The zero-order valence-corrected chi connectivity index (χ0v) is 14.2. The van der Waals surface area contributed by atoms with Gasteiger partial charge < -0.3 is 14.5 Å². The van der Waals surface area contributed by atoms with E-state index in [0.717, 1.165) is 12.1 Å². The first-order chi connectivity index (χ1) is 12.3. The molecular weight excluding hydrogens is 349 g/mol. The van der Waals surface area contributed by atoms with E-state index in [2.05, 4.69) is 5.16 Å². The molecule has 0 spiro atoms. The summed E-state index contributed by atoms with van der Waals surface area (Å²) in [4.78, 5) is 6.57. The molecule has 0 aliphatic carbocycles. The molecule has 138 valence electrons. The normalized spacial score (nSPS) is 10.7. The Bertz CT molecular complexity index is 728. The largest absolute Gasteiger partial charge is 0.490 e. The summed E-state index contributed by atoms with van der Waals surface area (Å²) in [5, 5.41) is 21.4. The quantitative estimate of drug-likeness (QED) is 0.305. The molecule has 0 amide bonds. The molecule has 0 saturated heterocycles. The number of alkyl halides is 3. The van der Waals surface area contributed by atoms with Gasteiger partial charge in [0.2, 0.25) is 0 Å². The van der Waals surface area contributed by atoms with E-state index in [1.54, 1.807) is 31.1 Å². The van der Waals surface area contributed by atoms with Gasteiger partial charge in [0.1, 0.15) is 30.1 Å². The summed E-state index contributed by atoms with van der Waals surface area (Å²) in [5.41, 5.74) is -0.320. The second-order valence-corrected chi connectivity index (χ2v) is 5.14. The summed E-state index contributed by atoms with van der Waals surface area (Å²) < 4.78 is 42.9. The number of oxime groups is 1. The molecule has 0 atom stereocenters. The second-order valence-electron chi connectivity index (χ2n) is 5.14. The van der Waals surface area contributed by atoms with E-state index in [-0.39, 0.29) is 31.0 Å². The lowest BCUT2D eigenvalue weighted by molar-refractivity contribution is -0.137. The Morgan fingerprint density at radius 3 is 2.50 bits per heavy atom. The van der Waals surface area contributed by atoms with Gasteiger partial charge in [-0.05, 0) is 18.2 Å². The highest BCUT2D eigenvalue weighted by Crippen LogP contribution is 2.31. The van der Waals surface area contributed by atoms with Crippen molar-refractivity contribution in [3.05, 3.63) is 41.1 Å². The van der Waals surface area contributed by atoms with Crippen LogP contribution in [0.5, 0.6) is 5.75 Å². The topological polar surface area (TPSA) is 81.6 Å². The van der Waals surface area contributed by atoms with Gasteiger partial charge in [-0.2, -0.15) is 23.7 Å². The number of nitrogens with zero attached hydrogens (tertiary/aromatic N) is 4. The lowest BCUT2D eigenvalue weighted by Gasteiger charge is -2.14. The number of allylic oxidation sites excluding steroid dienone is 2. The van der Waals surface area contributed by atoms with Crippen molar-refractivity contribution in [3.8, 4) is 17.9 Å². The van der Waals surface area contributed by atoms with E-state index in [0.29, 0.717) is 5.70 Å². The van der Waals surface area contributed by atoms with Crippen LogP contribution >= 0.6 is 0 Å². The van der Waals surface area contributed by atoms with Crippen LogP contribution in [0.3, 0.4) is 0 Å². The van der Waals surface area contributed by atoms with E-state index in [9.17, 15) is 13.2 Å². The lowest BCUT2D eigenvalue weighted by atomic mass is 10.2. The monoisotopic (exact) mass is 366 g/mol. The molecule has 0 saturated carbocycles. The highest BCUT2D eigenvalue weighted by molar-refractivity contribution is 5.62. The standard InChI is InChI=1S/C17H17F3N4O2/c1-24(2)16(13(11-21)12-22)6-7-23-26-9-8-25-15-5-3-4-14(10-15)17(18,19)20/h3-5,7,10H,6,8-9H2,1-2H3/b23-7-. The summed E-state index contributed by atoms with van der Waals surface area (Å²) in [6.07, 6.45) is -2.82. The van der Waals surface area contributed by atoms with E-state index < -0.39 is 11.7 Å². The predicted octanol–water partition coefficient (Wildman–Crippen LogP) is 3.34. The van der Waals surface area contributed by atoms with Crippen LogP contribution in [0.15, 0.2) is 40.7 Å². The first kappa shape index (κ1) is 20.8. The number of nitriles is 2. The van der Waals surface area contributed by atoms with Crippen molar-refractivity contribution in [3.63, 3.8) is 0 Å². The third-order valence-corrected chi connectivity index (χ3v) is 3.09. The second kappa shape index (κ2) is 9.94. The van der Waals surface area contributed by atoms with Crippen molar-refractivity contribution in [1.29, 1.82) is 10.5 Å². The summed E-state index contributed by atoms with van der Waals surface area (Å²) in [6, 6.07) is 8.14. The molecule has 0 aliphatic heterocycles. The van der Waals surface area contributed by atoms with Crippen molar-refractivity contribution in [2.24, 2.45) is 5.16 Å². The van der Waals surface area contributed by atoms with Crippen LogP contribution in [0.1, 0.15) is 12.0 Å². The Hall–Kier alpha value is -3.20. The Morgan fingerprint density at radius 2 is 1.92 bits per heavy atom. The fourth-order valence-corrected chi connectivity index (χ4v) is 1.85. The van der Waals surface area contributed by atoms with Crippen molar-refractivity contribution >= 4 is 6.21 Å². The third-order valence-electron chi connectivity index (χ3n) is 3.09. The number of hydrogen-bond donors (Lipinski definition) is 0. The molecule has 0 N–H and O–H groups in total. The van der Waals surface area contributed by atoms with Gasteiger partial charge in [-0.1, -0.05) is 11.2 Å². The number of rotatable bonds is 8. The maximum absolute atomic E-state index is 12.6. The van der Waals surface area contributed by atoms with Crippen molar-refractivity contribution in [1.82, 2.24) is 4.90 Å². The average Bonchev–Trinajstić information content (AvgIpc) is 2.59. The van der Waals surface area contributed by atoms with Gasteiger partial charge >= 0.3 is 6.18 Å². The molecule has 0 bridgehead atoms. The van der Waals surface area contributed by atoms with Gasteiger partial charge in [-0.3, -0.25) is 0 Å². The molecule has 6 nitrogen and oxygen atoms in total. The minimum absolute atomic E-state index is 0.0106. The first-order valence-corrected chi connectivity index (χ1v) is 7.44. The molecule has 1 rings (SSSR count). The van der Waals surface area contributed by atoms with Gasteiger partial charge in [-0.15, -0.1) is 0 Å². The summed E-state index contributed by atoms with van der Waals surface area (Å²) >= 11 is 0. The molecule has 0 radical (unpaired) electrons.